The molecule has 0 fully saturated rings. The topological polar surface area (TPSA) is 29.1 Å². The summed E-state index contributed by atoms with van der Waals surface area (Å²) < 4.78 is 0. The zero-order chi connectivity index (χ0) is 10.7. The number of hydrogen-bond acceptors (Lipinski definition) is 1. The average molecular weight is 187 g/mol. The lowest BCUT2D eigenvalue weighted by molar-refractivity contribution is -0.124. The van der Waals surface area contributed by atoms with E-state index < -0.39 is 0 Å². The van der Waals surface area contributed by atoms with Gasteiger partial charge in [-0.1, -0.05) is 40.5 Å². The van der Waals surface area contributed by atoms with Gasteiger partial charge in [-0.3, -0.25) is 4.79 Å². The van der Waals surface area contributed by atoms with Crippen molar-refractivity contribution < 1.29 is 4.79 Å². The monoisotopic (exact) mass is 187 g/mol. The summed E-state index contributed by atoms with van der Waals surface area (Å²) in [5.41, 5.74) is 0. The van der Waals surface area contributed by atoms with Gasteiger partial charge in [0.1, 0.15) is 0 Å². The summed E-state index contributed by atoms with van der Waals surface area (Å²) in [5.74, 6) is 0.448. The molecule has 0 saturated carbocycles. The zero-order valence-corrected chi connectivity index (χ0v) is 9.81. The van der Waals surface area contributed by atoms with E-state index in [9.17, 15) is 4.79 Å². The third-order valence-corrected chi connectivity index (χ3v) is 1.89. The highest BCUT2D eigenvalue weighted by molar-refractivity contribution is 5.78. The van der Waals surface area contributed by atoms with Gasteiger partial charge < -0.3 is 5.32 Å². The highest BCUT2D eigenvalue weighted by Crippen LogP contribution is 2.12. The first kappa shape index (κ1) is 15.0. The number of nitrogens with one attached hydrogen (secondary N) is 1. The van der Waals surface area contributed by atoms with Gasteiger partial charge in [-0.25, -0.2) is 0 Å². The lowest BCUT2D eigenvalue weighted by Crippen LogP contribution is -2.27. The fraction of sp³-hybridized carbons (Fsp3) is 0.909. The summed E-state index contributed by atoms with van der Waals surface area (Å²) in [6, 6.07) is 0. The van der Waals surface area contributed by atoms with E-state index in [1.807, 2.05) is 13.8 Å². The number of hydrogen-bond donors (Lipinski definition) is 1. The molecule has 80 valence electrons. The first-order chi connectivity index (χ1) is 6.26. The normalized spacial score (nSPS) is 9.08. The van der Waals surface area contributed by atoms with Crippen molar-refractivity contribution in [3.8, 4) is 0 Å². The van der Waals surface area contributed by atoms with Crippen LogP contribution < -0.4 is 5.32 Å². The Kier molecular flexibility index (Phi) is 13.2. The Hall–Kier alpha value is -0.530. The Morgan fingerprint density at radius 3 is 1.77 bits per heavy atom. The van der Waals surface area contributed by atoms with Gasteiger partial charge in [0.15, 0.2) is 0 Å². The van der Waals surface area contributed by atoms with Crippen molar-refractivity contribution in [2.45, 2.75) is 53.4 Å². The van der Waals surface area contributed by atoms with Crippen molar-refractivity contribution in [2.24, 2.45) is 5.92 Å². The fourth-order valence-electron chi connectivity index (χ4n) is 1.31. The van der Waals surface area contributed by atoms with Crippen LogP contribution in [-0.4, -0.2) is 13.0 Å². The standard InChI is InChI=1S/C9H19NO.C2H6/c1-4-6-8(7-5-2)9(11)10-3;1-2/h8H,4-7H2,1-3H3,(H,10,11);1-2H3. The van der Waals surface area contributed by atoms with E-state index in [4.69, 9.17) is 0 Å². The highest BCUT2D eigenvalue weighted by Gasteiger charge is 2.13. The second-order valence-electron chi connectivity index (χ2n) is 2.89. The molecule has 0 aliphatic heterocycles. The first-order valence-electron chi connectivity index (χ1n) is 5.47. The van der Waals surface area contributed by atoms with Gasteiger partial charge >= 0.3 is 0 Å². The average Bonchev–Trinajstić information content (AvgIpc) is 2.19. The van der Waals surface area contributed by atoms with E-state index in [1.54, 1.807) is 7.05 Å². The van der Waals surface area contributed by atoms with Gasteiger partial charge in [0.2, 0.25) is 5.91 Å². The van der Waals surface area contributed by atoms with E-state index in [2.05, 4.69) is 19.2 Å². The van der Waals surface area contributed by atoms with Crippen molar-refractivity contribution in [3.63, 3.8) is 0 Å². The van der Waals surface area contributed by atoms with E-state index in [0.717, 1.165) is 25.7 Å². The quantitative estimate of drug-likeness (QED) is 0.704. The van der Waals surface area contributed by atoms with E-state index in [-0.39, 0.29) is 11.8 Å². The second kappa shape index (κ2) is 11.5. The molecule has 0 spiro atoms. The molecular formula is C11H25NO. The van der Waals surface area contributed by atoms with E-state index >= 15 is 0 Å². The molecule has 0 unspecified atom stereocenters. The molecule has 0 rings (SSSR count). The number of carbonyl (C=O) groups is 1. The molecule has 0 bridgehead atoms. The largest absolute Gasteiger partial charge is 0.359 e. The molecule has 0 aliphatic carbocycles. The van der Waals surface area contributed by atoms with Gasteiger partial charge in [-0.2, -0.15) is 0 Å². The van der Waals surface area contributed by atoms with Crippen LogP contribution in [0.2, 0.25) is 0 Å². The summed E-state index contributed by atoms with van der Waals surface area (Å²) in [6.45, 7) is 8.23. The van der Waals surface area contributed by atoms with Crippen molar-refractivity contribution in [1.82, 2.24) is 5.32 Å². The SMILES string of the molecule is CC.CCCC(CCC)C(=O)NC. The van der Waals surface area contributed by atoms with Crippen LogP contribution in [0.15, 0.2) is 0 Å². The van der Waals surface area contributed by atoms with Crippen LogP contribution >= 0.6 is 0 Å². The minimum absolute atomic E-state index is 0.203. The third kappa shape index (κ3) is 7.82. The van der Waals surface area contributed by atoms with Crippen molar-refractivity contribution >= 4 is 5.91 Å². The maximum absolute atomic E-state index is 11.2. The van der Waals surface area contributed by atoms with Crippen LogP contribution in [-0.2, 0) is 4.79 Å². The molecule has 0 aromatic heterocycles. The lowest BCUT2D eigenvalue weighted by Gasteiger charge is -2.12. The molecule has 0 radical (unpaired) electrons. The summed E-state index contributed by atoms with van der Waals surface area (Å²) in [6.07, 6.45) is 4.23. The number of carbonyl (C=O) groups excluding carboxylic acids is 1. The molecule has 1 N–H and O–H groups in total. The van der Waals surface area contributed by atoms with Gasteiger partial charge in [0, 0.05) is 13.0 Å². The van der Waals surface area contributed by atoms with E-state index in [1.165, 1.54) is 0 Å². The minimum Gasteiger partial charge on any atom is -0.359 e. The Labute approximate surface area is 83.1 Å². The number of rotatable bonds is 5. The summed E-state index contributed by atoms with van der Waals surface area (Å²) in [5, 5.41) is 2.70. The van der Waals surface area contributed by atoms with Crippen LogP contribution in [0.25, 0.3) is 0 Å². The van der Waals surface area contributed by atoms with Crippen LogP contribution in [0.3, 0.4) is 0 Å². The van der Waals surface area contributed by atoms with Crippen LogP contribution in [0.1, 0.15) is 53.4 Å². The molecule has 2 nitrogen and oxygen atoms in total. The molecule has 0 aromatic rings. The fourth-order valence-corrected chi connectivity index (χ4v) is 1.31. The summed E-state index contributed by atoms with van der Waals surface area (Å²) in [4.78, 5) is 11.2. The smallest absolute Gasteiger partial charge is 0.222 e. The molecule has 1 amide bonds. The molecule has 0 saturated heterocycles. The lowest BCUT2D eigenvalue weighted by atomic mass is 9.98. The van der Waals surface area contributed by atoms with Crippen LogP contribution in [0.4, 0.5) is 0 Å². The highest BCUT2D eigenvalue weighted by atomic mass is 16.1. The van der Waals surface area contributed by atoms with Gasteiger partial charge in [0.05, 0.1) is 0 Å². The number of amides is 1. The molecule has 0 aromatic carbocycles. The molecule has 0 heterocycles. The predicted octanol–water partition coefficient (Wildman–Crippen LogP) is 2.98. The summed E-state index contributed by atoms with van der Waals surface area (Å²) in [7, 11) is 1.71. The van der Waals surface area contributed by atoms with Crippen molar-refractivity contribution in [1.29, 1.82) is 0 Å². The predicted molar refractivity (Wildman–Crippen MR) is 58.7 cm³/mol. The maximum Gasteiger partial charge on any atom is 0.222 e. The Balaban J connectivity index is 0. The van der Waals surface area contributed by atoms with Crippen molar-refractivity contribution in [2.75, 3.05) is 7.05 Å². The molecular weight excluding hydrogens is 162 g/mol. The molecule has 0 atom stereocenters. The second-order valence-corrected chi connectivity index (χ2v) is 2.89. The molecule has 13 heavy (non-hydrogen) atoms. The molecule has 0 aliphatic rings. The van der Waals surface area contributed by atoms with Crippen LogP contribution in [0.5, 0.6) is 0 Å². The minimum atomic E-state index is 0.203. The van der Waals surface area contributed by atoms with Crippen LogP contribution in [0, 0.1) is 5.92 Å². The van der Waals surface area contributed by atoms with E-state index in [0.29, 0.717) is 0 Å². The summed E-state index contributed by atoms with van der Waals surface area (Å²) >= 11 is 0. The third-order valence-electron chi connectivity index (χ3n) is 1.89. The molecule has 2 heteroatoms. The maximum atomic E-state index is 11.2. The first-order valence-corrected chi connectivity index (χ1v) is 5.47. The zero-order valence-electron chi connectivity index (χ0n) is 9.81. The Morgan fingerprint density at radius 2 is 1.54 bits per heavy atom. The van der Waals surface area contributed by atoms with Gasteiger partial charge in [-0.05, 0) is 12.8 Å². The van der Waals surface area contributed by atoms with Gasteiger partial charge in [0.25, 0.3) is 0 Å². The van der Waals surface area contributed by atoms with Crippen molar-refractivity contribution in [3.05, 3.63) is 0 Å². The Bertz CT molecular complexity index is 107. The van der Waals surface area contributed by atoms with Gasteiger partial charge in [-0.15, -0.1) is 0 Å². The Morgan fingerprint density at radius 1 is 1.15 bits per heavy atom.